The van der Waals surface area contributed by atoms with Gasteiger partial charge in [0.2, 0.25) is 0 Å². The molecule has 2 rings (SSSR count). The molecule has 0 aliphatic heterocycles. The first kappa shape index (κ1) is 15.7. The fourth-order valence-corrected chi connectivity index (χ4v) is 3.10. The van der Waals surface area contributed by atoms with Gasteiger partial charge in [-0.05, 0) is 46.3 Å². The second kappa shape index (κ2) is 6.00. The van der Waals surface area contributed by atoms with Gasteiger partial charge in [-0.15, -0.1) is 0 Å². The van der Waals surface area contributed by atoms with Crippen LogP contribution < -0.4 is 4.72 Å². The summed E-state index contributed by atoms with van der Waals surface area (Å²) >= 11 is 8.73. The monoisotopic (exact) mass is 390 g/mol. The van der Waals surface area contributed by atoms with Gasteiger partial charge in [0.1, 0.15) is 11.0 Å². The number of carboxylic acids is 1. The quantitative estimate of drug-likeness (QED) is 0.781. The van der Waals surface area contributed by atoms with E-state index in [0.29, 0.717) is 0 Å². The molecule has 6 nitrogen and oxygen atoms in total. The number of nitrogens with zero attached hydrogens (tertiary/aromatic N) is 1. The molecule has 0 bridgehead atoms. The van der Waals surface area contributed by atoms with Crippen molar-refractivity contribution in [1.29, 1.82) is 0 Å². The smallest absolute Gasteiger partial charge is 0.336 e. The normalized spacial score (nSPS) is 11.1. The molecule has 0 amide bonds. The summed E-state index contributed by atoms with van der Waals surface area (Å²) in [6.45, 7) is 0. The first-order chi connectivity index (χ1) is 9.79. The number of benzene rings is 1. The van der Waals surface area contributed by atoms with Gasteiger partial charge in [0.15, 0.2) is 0 Å². The summed E-state index contributed by atoms with van der Waals surface area (Å²) in [5, 5.41) is 9.14. The van der Waals surface area contributed by atoms with Crippen LogP contribution in [0.4, 0.5) is 5.82 Å². The Hall–Kier alpha value is -1.64. The highest BCUT2D eigenvalue weighted by Gasteiger charge is 2.18. The number of hydrogen-bond acceptors (Lipinski definition) is 4. The molecule has 0 atom stereocenters. The molecule has 2 aromatic rings. The summed E-state index contributed by atoms with van der Waals surface area (Å²) in [7, 11) is -3.96. The van der Waals surface area contributed by atoms with Crippen molar-refractivity contribution in [3.63, 3.8) is 0 Å². The summed E-state index contributed by atoms with van der Waals surface area (Å²) in [5.74, 6) is -1.19. The van der Waals surface area contributed by atoms with Crippen LogP contribution in [-0.4, -0.2) is 24.5 Å². The number of hydrogen-bond donors (Lipinski definition) is 2. The standard InChI is InChI=1S/C12H8BrClN2O4S/c13-9-5-4-7(6-8(9)12(17)18)21(19,20)16-11-3-1-2-10(14)15-11/h1-6H,(H,15,16)(H,17,18). The molecule has 9 heteroatoms. The maximum absolute atomic E-state index is 12.2. The molecule has 0 saturated heterocycles. The van der Waals surface area contributed by atoms with Crippen molar-refractivity contribution in [3.05, 3.63) is 51.6 Å². The summed E-state index contributed by atoms with van der Waals surface area (Å²) in [5.41, 5.74) is -0.156. The van der Waals surface area contributed by atoms with Gasteiger partial charge in [-0.3, -0.25) is 4.72 Å². The number of anilines is 1. The number of nitrogens with one attached hydrogen (secondary N) is 1. The highest BCUT2D eigenvalue weighted by molar-refractivity contribution is 9.10. The Kier molecular flexibility index (Phi) is 4.50. The molecule has 0 aliphatic rings. The summed E-state index contributed by atoms with van der Waals surface area (Å²) in [4.78, 5) is 14.6. The minimum absolute atomic E-state index is 0.0438. The Bertz CT molecular complexity index is 811. The van der Waals surface area contributed by atoms with Crippen LogP contribution in [0.2, 0.25) is 5.15 Å². The van der Waals surface area contributed by atoms with E-state index in [-0.39, 0.29) is 25.9 Å². The van der Waals surface area contributed by atoms with Gasteiger partial charge in [-0.25, -0.2) is 18.2 Å². The molecule has 1 aromatic heterocycles. The maximum atomic E-state index is 12.2. The number of pyridine rings is 1. The van der Waals surface area contributed by atoms with Crippen LogP contribution in [0.3, 0.4) is 0 Å². The SMILES string of the molecule is O=C(O)c1cc(S(=O)(=O)Nc2cccc(Cl)n2)ccc1Br. The largest absolute Gasteiger partial charge is 0.478 e. The molecule has 0 unspecified atom stereocenters. The molecule has 0 spiro atoms. The topological polar surface area (TPSA) is 96.4 Å². The van der Waals surface area contributed by atoms with Crippen LogP contribution in [0, 0.1) is 0 Å². The molecule has 0 radical (unpaired) electrons. The van der Waals surface area contributed by atoms with E-state index in [9.17, 15) is 13.2 Å². The number of aromatic nitrogens is 1. The maximum Gasteiger partial charge on any atom is 0.336 e. The number of halogens is 2. The number of carbonyl (C=O) groups is 1. The molecule has 0 saturated carbocycles. The third kappa shape index (κ3) is 3.72. The molecule has 1 aromatic carbocycles. The van der Waals surface area contributed by atoms with E-state index >= 15 is 0 Å². The summed E-state index contributed by atoms with van der Waals surface area (Å²) in [6.07, 6.45) is 0. The Balaban J connectivity index is 2.40. The van der Waals surface area contributed by atoms with Crippen molar-refractivity contribution in [2.75, 3.05) is 4.72 Å². The van der Waals surface area contributed by atoms with Crippen molar-refractivity contribution in [2.45, 2.75) is 4.90 Å². The Morgan fingerprint density at radius 1 is 1.29 bits per heavy atom. The number of aromatic carboxylic acids is 1. The summed E-state index contributed by atoms with van der Waals surface area (Å²) < 4.78 is 26.9. The van der Waals surface area contributed by atoms with E-state index in [1.807, 2.05) is 0 Å². The first-order valence-electron chi connectivity index (χ1n) is 5.48. The van der Waals surface area contributed by atoms with Crippen LogP contribution in [0.15, 0.2) is 45.8 Å². The second-order valence-corrected chi connectivity index (χ2v) is 6.82. The molecular weight excluding hydrogens is 384 g/mol. The minimum atomic E-state index is -3.96. The Morgan fingerprint density at radius 3 is 2.62 bits per heavy atom. The van der Waals surface area contributed by atoms with Gasteiger partial charge in [-0.2, -0.15) is 0 Å². The molecular formula is C12H8BrClN2O4S. The lowest BCUT2D eigenvalue weighted by Gasteiger charge is -2.08. The van der Waals surface area contributed by atoms with E-state index in [1.54, 1.807) is 0 Å². The number of rotatable bonds is 4. The third-order valence-electron chi connectivity index (χ3n) is 2.43. The van der Waals surface area contributed by atoms with Crippen LogP contribution in [-0.2, 0) is 10.0 Å². The van der Waals surface area contributed by atoms with Gasteiger partial charge in [0, 0.05) is 4.47 Å². The van der Waals surface area contributed by atoms with Crippen molar-refractivity contribution < 1.29 is 18.3 Å². The molecule has 110 valence electrons. The Morgan fingerprint density at radius 2 is 2.00 bits per heavy atom. The van der Waals surface area contributed by atoms with Crippen LogP contribution in [0.1, 0.15) is 10.4 Å². The predicted octanol–water partition coefficient (Wildman–Crippen LogP) is 3.00. The zero-order valence-corrected chi connectivity index (χ0v) is 13.4. The van der Waals surface area contributed by atoms with Crippen molar-refractivity contribution in [3.8, 4) is 0 Å². The van der Waals surface area contributed by atoms with Gasteiger partial charge in [0.05, 0.1) is 10.5 Å². The van der Waals surface area contributed by atoms with Crippen molar-refractivity contribution >= 4 is 49.3 Å². The minimum Gasteiger partial charge on any atom is -0.478 e. The van der Waals surface area contributed by atoms with E-state index in [4.69, 9.17) is 16.7 Å². The van der Waals surface area contributed by atoms with Gasteiger partial charge >= 0.3 is 5.97 Å². The second-order valence-electron chi connectivity index (χ2n) is 3.90. The van der Waals surface area contributed by atoms with E-state index in [2.05, 4.69) is 25.6 Å². The van der Waals surface area contributed by atoms with Crippen LogP contribution in [0.25, 0.3) is 0 Å². The predicted molar refractivity (Wildman–Crippen MR) is 81.2 cm³/mol. The van der Waals surface area contributed by atoms with E-state index in [0.717, 1.165) is 6.07 Å². The zero-order chi connectivity index (χ0) is 15.6. The average molecular weight is 392 g/mol. The van der Waals surface area contributed by atoms with Crippen molar-refractivity contribution in [2.24, 2.45) is 0 Å². The zero-order valence-electron chi connectivity index (χ0n) is 10.2. The third-order valence-corrected chi connectivity index (χ3v) is 4.69. The lowest BCUT2D eigenvalue weighted by molar-refractivity contribution is 0.0695. The highest BCUT2D eigenvalue weighted by atomic mass is 79.9. The molecule has 2 N–H and O–H groups in total. The lowest BCUT2D eigenvalue weighted by Crippen LogP contribution is -2.14. The molecule has 0 aliphatic carbocycles. The van der Waals surface area contributed by atoms with Gasteiger partial charge in [-0.1, -0.05) is 17.7 Å². The summed E-state index contributed by atoms with van der Waals surface area (Å²) in [6, 6.07) is 8.16. The Labute approximate surface area is 134 Å². The number of sulfonamides is 1. The first-order valence-corrected chi connectivity index (χ1v) is 8.13. The average Bonchev–Trinajstić information content (AvgIpc) is 2.38. The van der Waals surface area contributed by atoms with Gasteiger partial charge in [0.25, 0.3) is 10.0 Å². The van der Waals surface area contributed by atoms with Gasteiger partial charge < -0.3 is 5.11 Å². The number of carboxylic acid groups (broad SMARTS) is 1. The fraction of sp³-hybridized carbons (Fsp3) is 0. The fourth-order valence-electron chi connectivity index (χ4n) is 1.50. The lowest BCUT2D eigenvalue weighted by atomic mass is 10.2. The van der Waals surface area contributed by atoms with Crippen LogP contribution in [0.5, 0.6) is 0 Å². The van der Waals surface area contributed by atoms with E-state index < -0.39 is 16.0 Å². The van der Waals surface area contributed by atoms with Crippen molar-refractivity contribution in [1.82, 2.24) is 4.98 Å². The highest BCUT2D eigenvalue weighted by Crippen LogP contribution is 2.22. The molecule has 21 heavy (non-hydrogen) atoms. The molecule has 0 fully saturated rings. The molecule has 1 heterocycles. The van der Waals surface area contributed by atoms with E-state index in [1.165, 1.54) is 30.3 Å². The van der Waals surface area contributed by atoms with Crippen LogP contribution >= 0.6 is 27.5 Å².